The van der Waals surface area contributed by atoms with E-state index in [0.717, 1.165) is 64.8 Å². The number of amides is 3. The predicted octanol–water partition coefficient (Wildman–Crippen LogP) is 5.17. The van der Waals surface area contributed by atoms with Gasteiger partial charge < -0.3 is 69.3 Å². The first kappa shape index (κ1) is 58.2. The van der Waals surface area contributed by atoms with E-state index >= 15 is 0 Å². The first-order chi connectivity index (χ1) is 37.2. The van der Waals surface area contributed by atoms with Crippen LogP contribution in [0.5, 0.6) is 17.2 Å². The number of benzene rings is 2. The van der Waals surface area contributed by atoms with Gasteiger partial charge in [0.1, 0.15) is 31.1 Å². The fourth-order valence-electron chi connectivity index (χ4n) is 8.87. The molecule has 5 heterocycles. The number of ether oxygens (including phenoxy) is 7. The number of rotatable bonds is 28. The molecular formula is C55H74N10O11S. The van der Waals surface area contributed by atoms with Gasteiger partial charge in [-0.3, -0.25) is 14.4 Å². The van der Waals surface area contributed by atoms with Crippen LogP contribution >= 0.6 is 11.3 Å². The number of carbonyl (C=O) groups excluding carboxylic acids is 3. The number of pyridine rings is 1. The lowest BCUT2D eigenvalue weighted by molar-refractivity contribution is -0.144. The number of aliphatic hydroxyl groups is 1. The number of carbonyl (C=O) groups is 3. The van der Waals surface area contributed by atoms with Gasteiger partial charge in [0.25, 0.3) is 0 Å². The summed E-state index contributed by atoms with van der Waals surface area (Å²) >= 11 is 1.57. The van der Waals surface area contributed by atoms with Crippen molar-refractivity contribution in [1.82, 2.24) is 40.8 Å². The van der Waals surface area contributed by atoms with Crippen LogP contribution in [0.15, 0.2) is 72.5 Å². The topological polar surface area (TPSA) is 242 Å². The zero-order chi connectivity index (χ0) is 54.7. The van der Waals surface area contributed by atoms with Crippen LogP contribution in [0.1, 0.15) is 51.8 Å². The van der Waals surface area contributed by atoms with Crippen molar-refractivity contribution in [3.05, 3.63) is 83.8 Å². The minimum Gasteiger partial charge on any atom is -0.493 e. The van der Waals surface area contributed by atoms with E-state index in [1.54, 1.807) is 43.9 Å². The number of anilines is 3. The average Bonchev–Trinajstić information content (AvgIpc) is 4.07. The Morgan fingerprint density at radius 2 is 1.56 bits per heavy atom. The molecule has 21 nitrogen and oxygen atoms in total. The molecule has 3 aromatic heterocycles. The van der Waals surface area contributed by atoms with Gasteiger partial charge in [-0.15, -0.1) is 11.3 Å². The van der Waals surface area contributed by atoms with Crippen molar-refractivity contribution in [3.63, 3.8) is 0 Å². The molecular weight excluding hydrogens is 1010 g/mol. The van der Waals surface area contributed by atoms with Crippen molar-refractivity contribution in [3.8, 4) is 38.9 Å². The summed E-state index contributed by atoms with van der Waals surface area (Å²) in [5.41, 5.74) is 6.23. The molecule has 416 valence electrons. The summed E-state index contributed by atoms with van der Waals surface area (Å²) in [5, 5.41) is 23.1. The molecule has 5 aromatic rings. The molecule has 2 fully saturated rings. The van der Waals surface area contributed by atoms with Crippen molar-refractivity contribution < 1.29 is 52.6 Å². The van der Waals surface area contributed by atoms with Crippen LogP contribution in [0.3, 0.4) is 0 Å². The van der Waals surface area contributed by atoms with Crippen LogP contribution in [-0.2, 0) is 39.9 Å². The van der Waals surface area contributed by atoms with E-state index in [2.05, 4.69) is 43.1 Å². The Kier molecular flexibility index (Phi) is 21.7. The third-order valence-corrected chi connectivity index (χ3v) is 14.0. The van der Waals surface area contributed by atoms with Crippen LogP contribution in [-0.4, -0.2) is 172 Å². The van der Waals surface area contributed by atoms with Crippen molar-refractivity contribution in [2.75, 3.05) is 110 Å². The molecule has 2 saturated heterocycles. The maximum Gasteiger partial charge on any atom is 0.246 e. The monoisotopic (exact) mass is 1080 g/mol. The van der Waals surface area contributed by atoms with Crippen LogP contribution in [0.4, 0.5) is 17.5 Å². The number of likely N-dealkylation sites (tertiary alicyclic amines) is 1. The van der Waals surface area contributed by atoms with Crippen molar-refractivity contribution >= 4 is 46.5 Å². The maximum absolute atomic E-state index is 14.0. The van der Waals surface area contributed by atoms with Crippen LogP contribution in [0, 0.1) is 12.3 Å². The van der Waals surface area contributed by atoms with Gasteiger partial charge in [-0.05, 0) is 48.1 Å². The van der Waals surface area contributed by atoms with Crippen molar-refractivity contribution in [2.45, 2.75) is 78.2 Å². The van der Waals surface area contributed by atoms with E-state index in [4.69, 9.17) is 43.1 Å². The van der Waals surface area contributed by atoms with Crippen LogP contribution in [0.2, 0.25) is 0 Å². The molecule has 0 saturated carbocycles. The van der Waals surface area contributed by atoms with Gasteiger partial charge in [0.2, 0.25) is 29.4 Å². The van der Waals surface area contributed by atoms with Crippen LogP contribution < -0.4 is 40.4 Å². The quantitative estimate of drug-likeness (QED) is 0.0406. The number of piperazine rings is 1. The summed E-state index contributed by atoms with van der Waals surface area (Å²) in [6.07, 6.45) is 3.82. The largest absolute Gasteiger partial charge is 0.493 e. The summed E-state index contributed by atoms with van der Waals surface area (Å²) < 4.78 is 39.8. The molecule has 2 aliphatic rings. The number of aliphatic hydroxyl groups excluding tert-OH is 1. The molecule has 5 N–H and O–H groups in total. The van der Waals surface area contributed by atoms with E-state index < -0.39 is 35.4 Å². The van der Waals surface area contributed by atoms with Crippen molar-refractivity contribution in [1.29, 1.82) is 0 Å². The Labute approximate surface area is 454 Å². The molecule has 0 spiro atoms. The average molecular weight is 1080 g/mol. The molecule has 3 amide bonds. The first-order valence-electron chi connectivity index (χ1n) is 26.0. The van der Waals surface area contributed by atoms with Gasteiger partial charge >= 0.3 is 0 Å². The molecule has 0 radical (unpaired) electrons. The third-order valence-electron chi connectivity index (χ3n) is 13.0. The SMILES string of the molecule is CCC1CN(c2ccc(-c3ccnc(Nc4cc(OC)c(OC)c(OCCOCCOCCOCCOCC(=O)NC(C(=O)N5C[C@H](O)C[C@H]5C(=O)NCc5ccc(-c6scnc6C)cc5)C(C)(C)C)c4)n3)cn2)CCN1. The third kappa shape index (κ3) is 16.7. The molecule has 22 heteroatoms. The number of β-amino-alcohol motifs (C(OH)–C–C–N with tert-alkyl or cyclic N) is 1. The summed E-state index contributed by atoms with van der Waals surface area (Å²) in [7, 11) is 3.10. The van der Waals surface area contributed by atoms with Gasteiger partial charge in [-0.1, -0.05) is 52.0 Å². The van der Waals surface area contributed by atoms with Crippen LogP contribution in [0.25, 0.3) is 21.7 Å². The highest BCUT2D eigenvalue weighted by atomic mass is 32.1. The van der Waals surface area contributed by atoms with E-state index in [1.807, 2.05) is 81.9 Å². The maximum atomic E-state index is 14.0. The minimum atomic E-state index is -0.976. The normalized spacial score (nSPS) is 17.0. The number of hydrogen-bond acceptors (Lipinski definition) is 19. The Morgan fingerprint density at radius 3 is 2.21 bits per heavy atom. The highest BCUT2D eigenvalue weighted by molar-refractivity contribution is 7.13. The van der Waals surface area contributed by atoms with E-state index in [-0.39, 0.29) is 58.5 Å². The lowest BCUT2D eigenvalue weighted by Crippen LogP contribution is -2.58. The number of nitrogens with zero attached hydrogens (tertiary/aromatic N) is 6. The smallest absolute Gasteiger partial charge is 0.246 e. The minimum absolute atomic E-state index is 0.0237. The second-order valence-electron chi connectivity index (χ2n) is 19.7. The number of nitrogens with one attached hydrogen (secondary N) is 4. The first-order valence-corrected chi connectivity index (χ1v) is 26.9. The highest BCUT2D eigenvalue weighted by Gasteiger charge is 2.44. The molecule has 4 atom stereocenters. The predicted molar refractivity (Wildman–Crippen MR) is 293 cm³/mol. The van der Waals surface area contributed by atoms with Gasteiger partial charge in [0.05, 0.1) is 88.3 Å². The Hall–Kier alpha value is -6.53. The Bertz CT molecular complexity index is 2670. The lowest BCUT2D eigenvalue weighted by Gasteiger charge is -2.35. The van der Waals surface area contributed by atoms with E-state index in [1.165, 1.54) is 4.90 Å². The van der Waals surface area contributed by atoms with E-state index in [0.29, 0.717) is 61.4 Å². The zero-order valence-electron chi connectivity index (χ0n) is 45.2. The zero-order valence-corrected chi connectivity index (χ0v) is 46.0. The number of aromatic nitrogens is 4. The number of aryl methyl sites for hydroxylation is 1. The molecule has 77 heavy (non-hydrogen) atoms. The van der Waals surface area contributed by atoms with Gasteiger partial charge in [-0.2, -0.15) is 0 Å². The summed E-state index contributed by atoms with van der Waals surface area (Å²) in [5.74, 6) is 1.36. The fraction of sp³-hybridized carbons (Fsp3) is 0.509. The second-order valence-corrected chi connectivity index (χ2v) is 20.5. The van der Waals surface area contributed by atoms with Gasteiger partial charge in [-0.25, -0.2) is 19.9 Å². The lowest BCUT2D eigenvalue weighted by atomic mass is 9.85. The standard InChI is InChI=1S/C55H74N10O11S/c1-8-40-32-64(18-17-56-40)47-14-13-39(31-58-47)43-15-16-57-54(62-43)61-41-27-45(70-6)49(71-7)46(28-41)76-26-25-74-22-21-72-19-20-73-23-24-75-34-48(67)63-51(55(3,4)5)53(69)65-33-42(66)29-44(65)52(68)59-30-37-9-11-38(12-10-37)50-36(2)60-35-77-50/h9-16,27-28,31,35,40,42,44,51,56,66H,8,17-26,29-30,32-34H2,1-7H3,(H,59,68)(H,63,67)(H,57,61,62)/t40?,42-,44+,51?/m1/s1. The van der Waals surface area contributed by atoms with Crippen molar-refractivity contribution in [2.24, 2.45) is 5.41 Å². The fourth-order valence-corrected chi connectivity index (χ4v) is 9.68. The number of methoxy groups -OCH3 is 2. The van der Waals surface area contributed by atoms with Gasteiger partial charge in [0, 0.05) is 81.0 Å². The molecule has 7 rings (SSSR count). The molecule has 0 aliphatic carbocycles. The molecule has 2 aliphatic heterocycles. The molecule has 2 unspecified atom stereocenters. The summed E-state index contributed by atoms with van der Waals surface area (Å²) in [6.45, 7) is 14.5. The van der Waals surface area contributed by atoms with Gasteiger partial charge in [0.15, 0.2) is 11.5 Å². The Morgan fingerprint density at radius 1 is 0.857 bits per heavy atom. The molecule has 2 aromatic carbocycles. The highest BCUT2D eigenvalue weighted by Crippen LogP contribution is 2.41. The summed E-state index contributed by atoms with van der Waals surface area (Å²) in [6, 6.07) is 15.9. The van der Waals surface area contributed by atoms with E-state index in [9.17, 15) is 19.5 Å². The Balaban J connectivity index is 0.754. The number of hydrogen-bond donors (Lipinski definition) is 5. The number of thiazole rings is 1. The molecule has 0 bridgehead atoms. The summed E-state index contributed by atoms with van der Waals surface area (Å²) in [4.78, 5) is 63.5. The second kappa shape index (κ2) is 28.7.